The van der Waals surface area contributed by atoms with Crippen molar-refractivity contribution in [3.63, 3.8) is 0 Å². The number of rotatable bonds is 8. The minimum Gasteiger partial charge on any atom is -0.391 e. The number of carbonyl (C=O) groups is 2. The lowest BCUT2D eigenvalue weighted by Gasteiger charge is -2.14. The van der Waals surface area contributed by atoms with Crippen LogP contribution in [0.3, 0.4) is 0 Å². The van der Waals surface area contributed by atoms with Crippen molar-refractivity contribution in [3.05, 3.63) is 0 Å². The second kappa shape index (κ2) is 9.06. The van der Waals surface area contributed by atoms with Crippen LogP contribution in [0.2, 0.25) is 0 Å². The van der Waals surface area contributed by atoms with Crippen LogP contribution in [0.25, 0.3) is 0 Å². The lowest BCUT2D eigenvalue weighted by atomic mass is 10.3. The van der Waals surface area contributed by atoms with Gasteiger partial charge in [-0.3, -0.25) is 0 Å². The molecule has 0 amide bonds. The number of nitrogens with one attached hydrogen (secondary N) is 2. The standard InChI is InChI=1S/C10H22N4O3/c1-7(13-5-3-11)9(15)17-10(16)8(2)14-6-4-12/h7-8,13-14H,3-6,11-12H2,1-2H3/t7-,8-/m0/s1. The van der Waals surface area contributed by atoms with Gasteiger partial charge >= 0.3 is 11.9 Å². The third kappa shape index (κ3) is 7.01. The van der Waals surface area contributed by atoms with Gasteiger partial charge in [-0.15, -0.1) is 0 Å². The Hall–Kier alpha value is -1.02. The lowest BCUT2D eigenvalue weighted by Crippen LogP contribution is -2.43. The van der Waals surface area contributed by atoms with Crippen LogP contribution in [0.15, 0.2) is 0 Å². The largest absolute Gasteiger partial charge is 0.391 e. The zero-order valence-corrected chi connectivity index (χ0v) is 10.4. The number of ether oxygens (including phenoxy) is 1. The van der Waals surface area contributed by atoms with E-state index in [0.717, 1.165) is 0 Å². The summed E-state index contributed by atoms with van der Waals surface area (Å²) >= 11 is 0. The lowest BCUT2D eigenvalue weighted by molar-refractivity contribution is -0.162. The molecule has 6 N–H and O–H groups in total. The maximum Gasteiger partial charge on any atom is 0.330 e. The molecule has 0 aromatic heterocycles. The van der Waals surface area contributed by atoms with Crippen LogP contribution in [0.5, 0.6) is 0 Å². The summed E-state index contributed by atoms with van der Waals surface area (Å²) in [5.41, 5.74) is 10.6. The number of hydrogen-bond acceptors (Lipinski definition) is 7. The van der Waals surface area contributed by atoms with Gasteiger partial charge in [-0.25, -0.2) is 9.59 Å². The average Bonchev–Trinajstić information content (AvgIpc) is 2.32. The van der Waals surface area contributed by atoms with E-state index < -0.39 is 24.0 Å². The molecular formula is C10H22N4O3. The highest BCUT2D eigenvalue weighted by atomic mass is 16.6. The van der Waals surface area contributed by atoms with E-state index in [1.165, 1.54) is 0 Å². The first-order valence-electron chi connectivity index (χ1n) is 5.65. The second-order valence-electron chi connectivity index (χ2n) is 3.67. The van der Waals surface area contributed by atoms with E-state index in [2.05, 4.69) is 15.4 Å². The van der Waals surface area contributed by atoms with Gasteiger partial charge in [0.15, 0.2) is 0 Å². The molecule has 0 spiro atoms. The Morgan fingerprint density at radius 2 is 1.35 bits per heavy atom. The van der Waals surface area contributed by atoms with Crippen molar-refractivity contribution >= 4 is 11.9 Å². The van der Waals surface area contributed by atoms with Gasteiger partial charge < -0.3 is 26.8 Å². The average molecular weight is 246 g/mol. The zero-order chi connectivity index (χ0) is 13.3. The van der Waals surface area contributed by atoms with E-state index >= 15 is 0 Å². The highest BCUT2D eigenvalue weighted by molar-refractivity contribution is 5.90. The molecular weight excluding hydrogens is 224 g/mol. The topological polar surface area (TPSA) is 119 Å². The monoisotopic (exact) mass is 246 g/mol. The first-order valence-corrected chi connectivity index (χ1v) is 5.65. The van der Waals surface area contributed by atoms with Crippen molar-refractivity contribution < 1.29 is 14.3 Å². The summed E-state index contributed by atoms with van der Waals surface area (Å²) in [4.78, 5) is 22.9. The SMILES string of the molecule is C[C@H](NCCN)C(=O)OC(=O)[C@H](C)NCCN. The van der Waals surface area contributed by atoms with Crippen LogP contribution in [0.4, 0.5) is 0 Å². The Kier molecular flexibility index (Phi) is 8.51. The van der Waals surface area contributed by atoms with Crippen LogP contribution in [0.1, 0.15) is 13.8 Å². The normalized spacial score (nSPS) is 14.1. The molecule has 0 rings (SSSR count). The Balaban J connectivity index is 3.97. The highest BCUT2D eigenvalue weighted by Crippen LogP contribution is 1.93. The molecule has 0 radical (unpaired) electrons. The smallest absolute Gasteiger partial charge is 0.330 e. The van der Waals surface area contributed by atoms with Crippen LogP contribution >= 0.6 is 0 Å². The van der Waals surface area contributed by atoms with E-state index in [1.54, 1.807) is 13.8 Å². The molecule has 0 saturated heterocycles. The quantitative estimate of drug-likeness (QED) is 0.287. The van der Waals surface area contributed by atoms with E-state index in [0.29, 0.717) is 26.2 Å². The van der Waals surface area contributed by atoms with E-state index in [1.807, 2.05) is 0 Å². The van der Waals surface area contributed by atoms with E-state index in [4.69, 9.17) is 11.5 Å². The van der Waals surface area contributed by atoms with Crippen molar-refractivity contribution in [3.8, 4) is 0 Å². The molecule has 0 unspecified atom stereocenters. The summed E-state index contributed by atoms with van der Waals surface area (Å²) in [7, 11) is 0. The van der Waals surface area contributed by atoms with Gasteiger partial charge in [0.05, 0.1) is 0 Å². The van der Waals surface area contributed by atoms with Gasteiger partial charge in [-0.05, 0) is 13.8 Å². The number of hydrogen-bond donors (Lipinski definition) is 4. The number of carbonyl (C=O) groups excluding carboxylic acids is 2. The predicted octanol–water partition coefficient (Wildman–Crippen LogP) is -2.07. The fourth-order valence-electron chi connectivity index (χ4n) is 1.04. The zero-order valence-electron chi connectivity index (χ0n) is 10.4. The Labute approximate surface area is 101 Å². The maximum absolute atomic E-state index is 11.4. The molecule has 0 aliphatic rings. The van der Waals surface area contributed by atoms with Crippen molar-refractivity contribution in [1.82, 2.24) is 10.6 Å². The van der Waals surface area contributed by atoms with Crippen LogP contribution in [-0.4, -0.2) is 50.2 Å². The second-order valence-corrected chi connectivity index (χ2v) is 3.67. The first kappa shape index (κ1) is 16.0. The number of nitrogens with two attached hydrogens (primary N) is 2. The van der Waals surface area contributed by atoms with Crippen LogP contribution in [0, 0.1) is 0 Å². The van der Waals surface area contributed by atoms with Gasteiger partial charge in [0.25, 0.3) is 0 Å². The third-order valence-electron chi connectivity index (χ3n) is 2.10. The summed E-state index contributed by atoms with van der Waals surface area (Å²) in [5, 5.41) is 5.65. The molecule has 0 aliphatic heterocycles. The predicted molar refractivity (Wildman–Crippen MR) is 64.1 cm³/mol. The third-order valence-corrected chi connectivity index (χ3v) is 2.10. The Bertz CT molecular complexity index is 224. The molecule has 100 valence electrons. The minimum absolute atomic E-state index is 0.417. The maximum atomic E-state index is 11.4. The van der Waals surface area contributed by atoms with E-state index in [-0.39, 0.29) is 0 Å². The van der Waals surface area contributed by atoms with Crippen molar-refractivity contribution in [2.45, 2.75) is 25.9 Å². The van der Waals surface area contributed by atoms with Crippen LogP contribution < -0.4 is 22.1 Å². The molecule has 0 saturated carbocycles. The fourth-order valence-corrected chi connectivity index (χ4v) is 1.04. The molecule has 0 fully saturated rings. The minimum atomic E-state index is -0.607. The van der Waals surface area contributed by atoms with Crippen molar-refractivity contribution in [1.29, 1.82) is 0 Å². The summed E-state index contributed by atoms with van der Waals surface area (Å²) in [6.07, 6.45) is 0. The van der Waals surface area contributed by atoms with Crippen molar-refractivity contribution in [2.24, 2.45) is 11.5 Å². The molecule has 17 heavy (non-hydrogen) atoms. The van der Waals surface area contributed by atoms with E-state index in [9.17, 15) is 9.59 Å². The van der Waals surface area contributed by atoms with Gasteiger partial charge in [0.1, 0.15) is 12.1 Å². The Morgan fingerprint density at radius 3 is 1.65 bits per heavy atom. The van der Waals surface area contributed by atoms with Crippen molar-refractivity contribution in [2.75, 3.05) is 26.2 Å². The molecule has 0 bridgehead atoms. The fraction of sp³-hybridized carbons (Fsp3) is 0.800. The summed E-state index contributed by atoms with van der Waals surface area (Å²) in [5.74, 6) is -1.21. The number of esters is 2. The van der Waals surface area contributed by atoms with Gasteiger partial charge in [-0.1, -0.05) is 0 Å². The molecule has 2 atom stereocenters. The summed E-state index contributed by atoms with van der Waals surface area (Å²) in [6, 6.07) is -1.10. The molecule has 0 heterocycles. The highest BCUT2D eigenvalue weighted by Gasteiger charge is 2.21. The molecule has 7 heteroatoms. The van der Waals surface area contributed by atoms with Gasteiger partial charge in [0.2, 0.25) is 0 Å². The summed E-state index contributed by atoms with van der Waals surface area (Å²) < 4.78 is 4.68. The molecule has 7 nitrogen and oxygen atoms in total. The van der Waals surface area contributed by atoms with Gasteiger partial charge in [0, 0.05) is 26.2 Å². The molecule has 0 aromatic rings. The Morgan fingerprint density at radius 1 is 1.00 bits per heavy atom. The molecule has 0 aliphatic carbocycles. The van der Waals surface area contributed by atoms with Gasteiger partial charge in [-0.2, -0.15) is 0 Å². The first-order chi connectivity index (χ1) is 8.02. The molecule has 0 aromatic carbocycles. The van der Waals surface area contributed by atoms with Crippen LogP contribution in [-0.2, 0) is 14.3 Å². The summed E-state index contributed by atoms with van der Waals surface area (Å²) in [6.45, 7) is 5.05.